The molecule has 15 nitrogen and oxygen atoms in total. The van der Waals surface area contributed by atoms with Crippen LogP contribution in [0.25, 0.3) is 0 Å². The van der Waals surface area contributed by atoms with Gasteiger partial charge in [-0.15, -0.1) is 35.5 Å². The van der Waals surface area contributed by atoms with Crippen molar-refractivity contribution in [3.05, 3.63) is 45.6 Å². The summed E-state index contributed by atoms with van der Waals surface area (Å²) in [5.41, 5.74) is 6.00. The van der Waals surface area contributed by atoms with Crippen LogP contribution in [0.1, 0.15) is 39.3 Å². The fourth-order valence-electron chi connectivity index (χ4n) is 4.67. The van der Waals surface area contributed by atoms with Gasteiger partial charge >= 0.3 is 11.9 Å². The van der Waals surface area contributed by atoms with Gasteiger partial charge in [0.25, 0.3) is 17.7 Å². The SMILES string of the molecule is CCC=C(COC(=O)C1=C(C=C2CCN(OC)C2=O)CSC2C(NC(=O)C(=NO)c3csc(N)n3)C(=O)N12)C(=O)OCC(C)C.Cl. The van der Waals surface area contributed by atoms with Crippen molar-refractivity contribution >= 4 is 76.0 Å². The predicted molar refractivity (Wildman–Crippen MR) is 171 cm³/mol. The molecule has 1 aromatic rings. The smallest absolute Gasteiger partial charge is 0.355 e. The summed E-state index contributed by atoms with van der Waals surface area (Å²) in [5, 5.41) is 17.1. The van der Waals surface area contributed by atoms with Gasteiger partial charge < -0.3 is 25.7 Å². The van der Waals surface area contributed by atoms with E-state index in [1.165, 1.54) is 34.2 Å². The van der Waals surface area contributed by atoms with Gasteiger partial charge in [0.1, 0.15) is 29.4 Å². The molecule has 3 aliphatic heterocycles. The van der Waals surface area contributed by atoms with E-state index in [0.29, 0.717) is 30.5 Å². The number of halogens is 1. The number of esters is 2. The highest BCUT2D eigenvalue weighted by molar-refractivity contribution is 8.00. The molecule has 250 valence electrons. The Balaban J connectivity index is 0.00000576. The molecule has 2 saturated heterocycles. The standard InChI is InChI=1S/C28H34N6O9S2.ClH/c1-5-6-16(26(38)42-10-14(2)3)11-43-27(39)21-17(9-15-7-8-33(41-4)23(15)36)12-44-25-20(24(37)34(21)25)31-22(35)19(32-40)18-13-45-28(29)30-18;/h6,9,13-14,20,25,40H,5,7-8,10-12H2,1-4H3,(H2,29,30)(H,31,35);1H. The lowest BCUT2D eigenvalue weighted by Crippen LogP contribution is -2.71. The number of rotatable bonds is 12. The Kier molecular flexibility index (Phi) is 12.8. The molecule has 0 aromatic carbocycles. The van der Waals surface area contributed by atoms with Gasteiger partial charge in [-0.2, -0.15) is 0 Å². The van der Waals surface area contributed by atoms with E-state index in [2.05, 4.69) is 15.5 Å². The average Bonchev–Trinajstić information content (AvgIpc) is 3.60. The van der Waals surface area contributed by atoms with E-state index >= 15 is 0 Å². The molecule has 4 rings (SSSR count). The molecule has 0 radical (unpaired) electrons. The van der Waals surface area contributed by atoms with Crippen molar-refractivity contribution in [1.29, 1.82) is 0 Å². The fourth-order valence-corrected chi connectivity index (χ4v) is 6.52. The van der Waals surface area contributed by atoms with Crippen LogP contribution in [0.5, 0.6) is 0 Å². The Bertz CT molecular complexity index is 1510. The third-order valence-electron chi connectivity index (χ3n) is 6.83. The van der Waals surface area contributed by atoms with E-state index < -0.39 is 47.5 Å². The number of carbonyl (C=O) groups excluding carboxylic acids is 5. The molecule has 18 heteroatoms. The van der Waals surface area contributed by atoms with E-state index in [1.54, 1.807) is 12.2 Å². The first kappa shape index (κ1) is 36.5. The fraction of sp³-hybridized carbons (Fsp3) is 0.464. The van der Waals surface area contributed by atoms with Gasteiger partial charge in [0, 0.05) is 16.7 Å². The summed E-state index contributed by atoms with van der Waals surface area (Å²) in [6, 6.07) is -1.08. The van der Waals surface area contributed by atoms with E-state index in [4.69, 9.17) is 20.0 Å². The summed E-state index contributed by atoms with van der Waals surface area (Å²) in [6.45, 7) is 5.71. The molecule has 2 fully saturated rings. The van der Waals surface area contributed by atoms with Crippen LogP contribution < -0.4 is 11.1 Å². The van der Waals surface area contributed by atoms with Crippen molar-refractivity contribution in [2.45, 2.75) is 45.0 Å². The predicted octanol–water partition coefficient (Wildman–Crippen LogP) is 1.78. The Morgan fingerprint density at radius 2 is 2.02 bits per heavy atom. The highest BCUT2D eigenvalue weighted by Crippen LogP contribution is 2.41. The van der Waals surface area contributed by atoms with Crippen LogP contribution in [-0.4, -0.2) is 99.6 Å². The molecular formula is C28H35ClN6O9S2. The molecule has 4 N–H and O–H groups in total. The Hall–Kier alpha value is -3.93. The summed E-state index contributed by atoms with van der Waals surface area (Å²) in [7, 11) is 1.38. The number of hydroxylamine groups is 2. The molecule has 0 bridgehead atoms. The van der Waals surface area contributed by atoms with Crippen molar-refractivity contribution in [1.82, 2.24) is 20.3 Å². The van der Waals surface area contributed by atoms with Gasteiger partial charge in [-0.05, 0) is 30.4 Å². The second-order valence-electron chi connectivity index (χ2n) is 10.5. The monoisotopic (exact) mass is 698 g/mol. The molecule has 2 unspecified atom stereocenters. The van der Waals surface area contributed by atoms with Crippen LogP contribution in [0.15, 0.2) is 45.1 Å². The van der Waals surface area contributed by atoms with E-state index in [1.807, 2.05) is 20.8 Å². The van der Waals surface area contributed by atoms with Crippen molar-refractivity contribution in [3.8, 4) is 0 Å². The number of ether oxygens (including phenoxy) is 2. The average molecular weight is 699 g/mol. The number of nitrogen functional groups attached to an aromatic ring is 1. The lowest BCUT2D eigenvalue weighted by molar-refractivity contribution is -0.164. The number of hydrogen-bond acceptors (Lipinski definition) is 14. The van der Waals surface area contributed by atoms with Crippen molar-refractivity contribution in [2.24, 2.45) is 11.1 Å². The molecule has 46 heavy (non-hydrogen) atoms. The number of fused-ring (bicyclic) bond motifs is 1. The van der Waals surface area contributed by atoms with Gasteiger partial charge in [0.15, 0.2) is 10.8 Å². The minimum absolute atomic E-state index is 0. The Morgan fingerprint density at radius 1 is 1.28 bits per heavy atom. The molecule has 3 aliphatic rings. The summed E-state index contributed by atoms with van der Waals surface area (Å²) < 4.78 is 10.8. The topological polar surface area (TPSA) is 203 Å². The number of oxime groups is 1. The van der Waals surface area contributed by atoms with Crippen molar-refractivity contribution < 1.29 is 43.5 Å². The first-order chi connectivity index (χ1) is 21.5. The molecule has 4 heterocycles. The Labute approximate surface area is 279 Å². The third-order valence-corrected chi connectivity index (χ3v) is 8.81. The van der Waals surface area contributed by atoms with Gasteiger partial charge in [-0.25, -0.2) is 19.6 Å². The number of nitrogens with zero attached hydrogens (tertiary/aromatic N) is 4. The van der Waals surface area contributed by atoms with Crippen LogP contribution >= 0.6 is 35.5 Å². The highest BCUT2D eigenvalue weighted by atomic mass is 35.5. The van der Waals surface area contributed by atoms with Crippen LogP contribution in [-0.2, 0) is 38.3 Å². The number of nitrogens with one attached hydrogen (secondary N) is 1. The molecule has 1 aromatic heterocycles. The number of amides is 3. The molecular weight excluding hydrogens is 664 g/mol. The first-order valence-electron chi connectivity index (χ1n) is 14.0. The number of thiazole rings is 1. The Morgan fingerprint density at radius 3 is 2.61 bits per heavy atom. The number of aromatic nitrogens is 1. The summed E-state index contributed by atoms with van der Waals surface area (Å²) in [5.74, 6) is -3.09. The van der Waals surface area contributed by atoms with Crippen LogP contribution in [0.2, 0.25) is 0 Å². The van der Waals surface area contributed by atoms with Gasteiger partial charge in [0.2, 0.25) is 0 Å². The zero-order chi connectivity index (χ0) is 32.8. The first-order valence-corrected chi connectivity index (χ1v) is 15.9. The van der Waals surface area contributed by atoms with Crippen LogP contribution in [0.3, 0.4) is 0 Å². The normalized spacial score (nSPS) is 20.8. The van der Waals surface area contributed by atoms with E-state index in [9.17, 15) is 29.2 Å². The number of β-lactam (4-membered cyclic amide) rings is 1. The van der Waals surface area contributed by atoms with Crippen LogP contribution in [0.4, 0.5) is 5.13 Å². The molecule has 0 aliphatic carbocycles. The molecule has 3 amide bonds. The second-order valence-corrected chi connectivity index (χ2v) is 12.5. The summed E-state index contributed by atoms with van der Waals surface area (Å²) >= 11 is 2.30. The lowest BCUT2D eigenvalue weighted by atomic mass is 10.0. The maximum Gasteiger partial charge on any atom is 0.355 e. The summed E-state index contributed by atoms with van der Waals surface area (Å²) in [4.78, 5) is 75.6. The lowest BCUT2D eigenvalue weighted by Gasteiger charge is -2.49. The minimum Gasteiger partial charge on any atom is -0.462 e. The number of allylic oxidation sites excluding steroid dienone is 2. The molecule has 0 saturated carbocycles. The van der Waals surface area contributed by atoms with Crippen molar-refractivity contribution in [2.75, 3.05) is 38.4 Å². The number of anilines is 1. The third kappa shape index (κ3) is 7.89. The largest absolute Gasteiger partial charge is 0.462 e. The number of hydrogen-bond donors (Lipinski definition) is 3. The van der Waals surface area contributed by atoms with Crippen LogP contribution in [0, 0.1) is 5.92 Å². The highest BCUT2D eigenvalue weighted by Gasteiger charge is 2.54. The van der Waals surface area contributed by atoms with Gasteiger partial charge in [0.05, 0.1) is 25.8 Å². The maximum absolute atomic E-state index is 13.6. The number of thioether (sulfide) groups is 1. The zero-order valence-electron chi connectivity index (χ0n) is 25.5. The minimum atomic E-state index is -1.08. The quantitative estimate of drug-likeness (QED) is 0.0714. The zero-order valence-corrected chi connectivity index (χ0v) is 28.0. The van der Waals surface area contributed by atoms with Crippen molar-refractivity contribution in [3.63, 3.8) is 0 Å². The van der Waals surface area contributed by atoms with E-state index in [-0.39, 0.29) is 58.7 Å². The molecule has 0 spiro atoms. The van der Waals surface area contributed by atoms with Gasteiger partial charge in [-0.3, -0.25) is 24.1 Å². The maximum atomic E-state index is 13.6. The second kappa shape index (κ2) is 16.1. The van der Waals surface area contributed by atoms with E-state index in [0.717, 1.165) is 11.3 Å². The molecule has 2 atom stereocenters. The number of carbonyl (C=O) groups is 5. The summed E-state index contributed by atoms with van der Waals surface area (Å²) in [6.07, 6.45) is 3.98. The number of nitrogens with two attached hydrogens (primary N) is 1. The van der Waals surface area contributed by atoms with Gasteiger partial charge in [-0.1, -0.05) is 32.0 Å².